The van der Waals surface area contributed by atoms with Gasteiger partial charge in [0.15, 0.2) is 0 Å². The first-order chi connectivity index (χ1) is 7.35. The molecule has 0 unspecified atom stereocenters. The Bertz CT molecular complexity index is 188. The lowest BCUT2D eigenvalue weighted by Crippen LogP contribution is -2.56. The summed E-state index contributed by atoms with van der Waals surface area (Å²) in [6, 6.07) is 0. The summed E-state index contributed by atoms with van der Waals surface area (Å²) >= 11 is 0. The molecule has 1 N–H and O–H groups in total. The number of piperidine rings is 1. The van der Waals surface area contributed by atoms with Crippen LogP contribution < -0.4 is 5.32 Å². The number of methoxy groups -OCH3 is 1. The molecular weight excluding hydrogens is 192 g/mol. The second-order valence-electron chi connectivity index (χ2n) is 4.55. The van der Waals surface area contributed by atoms with Crippen LogP contribution in [0.2, 0.25) is 0 Å². The van der Waals surface area contributed by atoms with Gasteiger partial charge in [0, 0.05) is 26.7 Å². The van der Waals surface area contributed by atoms with E-state index in [2.05, 4.69) is 10.2 Å². The summed E-state index contributed by atoms with van der Waals surface area (Å²) in [5.41, 5.74) is 0.136. The Morgan fingerprint density at radius 3 is 2.93 bits per heavy atom. The van der Waals surface area contributed by atoms with Crippen molar-refractivity contribution < 1.29 is 9.47 Å². The summed E-state index contributed by atoms with van der Waals surface area (Å²) in [7, 11) is 1.76. The van der Waals surface area contributed by atoms with Crippen molar-refractivity contribution in [2.24, 2.45) is 0 Å². The molecule has 2 fully saturated rings. The lowest BCUT2D eigenvalue weighted by molar-refractivity contribution is -0.125. The predicted molar refractivity (Wildman–Crippen MR) is 59.1 cm³/mol. The number of rotatable bonds is 3. The van der Waals surface area contributed by atoms with Crippen LogP contribution in [0.1, 0.15) is 12.8 Å². The fourth-order valence-corrected chi connectivity index (χ4v) is 2.52. The Balaban J connectivity index is 1.85. The molecule has 0 saturated carbocycles. The second-order valence-corrected chi connectivity index (χ2v) is 4.55. The van der Waals surface area contributed by atoms with Gasteiger partial charge in [-0.2, -0.15) is 0 Å². The summed E-state index contributed by atoms with van der Waals surface area (Å²) in [6.45, 7) is 7.07. The first-order valence-corrected chi connectivity index (χ1v) is 5.91. The van der Waals surface area contributed by atoms with Gasteiger partial charge >= 0.3 is 0 Å². The van der Waals surface area contributed by atoms with Crippen LogP contribution in [0.3, 0.4) is 0 Å². The van der Waals surface area contributed by atoms with Gasteiger partial charge in [0.05, 0.1) is 18.8 Å². The molecule has 0 aromatic carbocycles. The molecule has 4 heteroatoms. The fraction of sp³-hybridized carbons (Fsp3) is 1.00. The number of hydrogen-bond acceptors (Lipinski definition) is 4. The van der Waals surface area contributed by atoms with Gasteiger partial charge in [-0.1, -0.05) is 0 Å². The highest BCUT2D eigenvalue weighted by Gasteiger charge is 2.37. The van der Waals surface area contributed by atoms with Gasteiger partial charge in [-0.15, -0.1) is 0 Å². The third-order valence-corrected chi connectivity index (χ3v) is 3.45. The predicted octanol–water partition coefficient (Wildman–Crippen LogP) is 0.0872. The van der Waals surface area contributed by atoms with Crippen molar-refractivity contribution in [3.8, 4) is 0 Å². The molecule has 0 bridgehead atoms. The smallest absolute Gasteiger partial charge is 0.0833 e. The quantitative estimate of drug-likeness (QED) is 0.722. The zero-order valence-electron chi connectivity index (χ0n) is 9.63. The van der Waals surface area contributed by atoms with Crippen molar-refractivity contribution in [2.75, 3.05) is 53.0 Å². The minimum Gasteiger partial charge on any atom is -0.383 e. The van der Waals surface area contributed by atoms with Crippen molar-refractivity contribution >= 4 is 0 Å². The third-order valence-electron chi connectivity index (χ3n) is 3.45. The molecule has 2 rings (SSSR count). The first-order valence-electron chi connectivity index (χ1n) is 5.91. The molecule has 88 valence electrons. The molecule has 0 radical (unpaired) electrons. The highest BCUT2D eigenvalue weighted by molar-refractivity contribution is 4.91. The number of hydrogen-bond donors (Lipinski definition) is 1. The Morgan fingerprint density at radius 2 is 2.20 bits per heavy atom. The largest absolute Gasteiger partial charge is 0.383 e. The molecule has 0 atom stereocenters. The monoisotopic (exact) mass is 214 g/mol. The molecule has 0 aromatic heterocycles. The maximum Gasteiger partial charge on any atom is 0.0833 e. The van der Waals surface area contributed by atoms with Crippen LogP contribution in [0, 0.1) is 0 Å². The Kier molecular flexibility index (Phi) is 3.97. The van der Waals surface area contributed by atoms with Gasteiger partial charge in [-0.05, 0) is 25.9 Å². The van der Waals surface area contributed by atoms with E-state index in [0.717, 1.165) is 58.8 Å². The molecule has 4 nitrogen and oxygen atoms in total. The molecule has 2 saturated heterocycles. The minimum absolute atomic E-state index is 0.136. The average Bonchev–Trinajstić information content (AvgIpc) is 2.28. The maximum absolute atomic E-state index is 5.99. The molecule has 0 amide bonds. The van der Waals surface area contributed by atoms with Crippen LogP contribution in [0.25, 0.3) is 0 Å². The molecule has 0 aromatic rings. The highest BCUT2D eigenvalue weighted by atomic mass is 16.5. The third kappa shape index (κ3) is 2.91. The zero-order chi connectivity index (χ0) is 10.6. The summed E-state index contributed by atoms with van der Waals surface area (Å²) in [5, 5.41) is 3.39. The Hall–Kier alpha value is -0.160. The maximum atomic E-state index is 5.99. The van der Waals surface area contributed by atoms with Crippen molar-refractivity contribution in [1.29, 1.82) is 0 Å². The van der Waals surface area contributed by atoms with Gasteiger partial charge in [0.25, 0.3) is 0 Å². The van der Waals surface area contributed by atoms with Gasteiger partial charge in [0.2, 0.25) is 0 Å². The Morgan fingerprint density at radius 1 is 1.40 bits per heavy atom. The van der Waals surface area contributed by atoms with Crippen LogP contribution in [0.15, 0.2) is 0 Å². The summed E-state index contributed by atoms with van der Waals surface area (Å²) in [4.78, 5) is 2.47. The molecule has 2 heterocycles. The van der Waals surface area contributed by atoms with Crippen molar-refractivity contribution in [1.82, 2.24) is 10.2 Å². The van der Waals surface area contributed by atoms with Crippen LogP contribution in [0.5, 0.6) is 0 Å². The zero-order valence-corrected chi connectivity index (χ0v) is 9.63. The molecule has 2 aliphatic rings. The number of morpholine rings is 1. The van der Waals surface area contributed by atoms with E-state index in [4.69, 9.17) is 9.47 Å². The summed E-state index contributed by atoms with van der Waals surface area (Å²) in [5.74, 6) is 0. The van der Waals surface area contributed by atoms with Gasteiger partial charge in [-0.25, -0.2) is 0 Å². The van der Waals surface area contributed by atoms with Crippen molar-refractivity contribution in [3.05, 3.63) is 0 Å². The molecule has 15 heavy (non-hydrogen) atoms. The van der Waals surface area contributed by atoms with E-state index < -0.39 is 0 Å². The summed E-state index contributed by atoms with van der Waals surface area (Å²) < 4.78 is 11.1. The van der Waals surface area contributed by atoms with E-state index in [1.54, 1.807) is 7.11 Å². The average molecular weight is 214 g/mol. The van der Waals surface area contributed by atoms with Gasteiger partial charge in [-0.3, -0.25) is 4.90 Å². The van der Waals surface area contributed by atoms with Crippen LogP contribution in [-0.2, 0) is 9.47 Å². The van der Waals surface area contributed by atoms with E-state index in [1.165, 1.54) is 0 Å². The highest BCUT2D eigenvalue weighted by Crippen LogP contribution is 2.27. The number of nitrogens with one attached hydrogen (secondary N) is 1. The van der Waals surface area contributed by atoms with E-state index >= 15 is 0 Å². The standard InChI is InChI=1S/C11H22N2O2/c1-14-8-6-13-7-9-15-11(10-13)2-4-12-5-3-11/h12H,2-10H2,1H3. The molecule has 1 spiro atoms. The normalized spacial score (nSPS) is 27.0. The van der Waals surface area contributed by atoms with E-state index in [1.807, 2.05) is 0 Å². The van der Waals surface area contributed by atoms with E-state index in [9.17, 15) is 0 Å². The van der Waals surface area contributed by atoms with Crippen LogP contribution in [-0.4, -0.2) is 63.5 Å². The summed E-state index contributed by atoms with van der Waals surface area (Å²) in [6.07, 6.45) is 2.30. The molecule has 2 aliphatic heterocycles. The second kappa shape index (κ2) is 5.25. The first kappa shape index (κ1) is 11.3. The van der Waals surface area contributed by atoms with Gasteiger partial charge < -0.3 is 14.8 Å². The molecular formula is C11H22N2O2. The lowest BCUT2D eigenvalue weighted by atomic mass is 9.90. The Labute approximate surface area is 91.9 Å². The van der Waals surface area contributed by atoms with Crippen LogP contribution >= 0.6 is 0 Å². The molecule has 0 aliphatic carbocycles. The van der Waals surface area contributed by atoms with Gasteiger partial charge in [0.1, 0.15) is 0 Å². The number of ether oxygens (including phenoxy) is 2. The topological polar surface area (TPSA) is 33.7 Å². The van der Waals surface area contributed by atoms with Crippen LogP contribution in [0.4, 0.5) is 0 Å². The lowest BCUT2D eigenvalue weighted by Gasteiger charge is -2.45. The van der Waals surface area contributed by atoms with E-state index in [0.29, 0.717) is 0 Å². The van der Waals surface area contributed by atoms with Crippen molar-refractivity contribution in [2.45, 2.75) is 18.4 Å². The SMILES string of the molecule is COCCN1CCOC2(CCNCC2)C1. The van der Waals surface area contributed by atoms with Crippen molar-refractivity contribution in [3.63, 3.8) is 0 Å². The number of nitrogens with zero attached hydrogens (tertiary/aromatic N) is 1. The fourth-order valence-electron chi connectivity index (χ4n) is 2.52. The van der Waals surface area contributed by atoms with E-state index in [-0.39, 0.29) is 5.60 Å². The minimum atomic E-state index is 0.136.